The van der Waals surface area contributed by atoms with E-state index in [1.807, 2.05) is 13.8 Å². The Hall–Kier alpha value is -0.176. The Balaban J connectivity index is 5.84. The third kappa shape index (κ3) is 6.49. The van der Waals surface area contributed by atoms with Gasteiger partial charge in [0.25, 0.3) is 14.3 Å². The zero-order chi connectivity index (χ0) is 19.8. The predicted molar refractivity (Wildman–Crippen MR) is 109 cm³/mol. The van der Waals surface area contributed by atoms with E-state index in [4.69, 9.17) is 13.3 Å². The van der Waals surface area contributed by atoms with Crippen molar-refractivity contribution in [3.8, 4) is 0 Å². The summed E-state index contributed by atoms with van der Waals surface area (Å²) in [6.45, 7) is 17.4. The van der Waals surface area contributed by atoms with Gasteiger partial charge in [-0.25, -0.2) is 0 Å². The van der Waals surface area contributed by atoms with Gasteiger partial charge in [-0.2, -0.15) is 0 Å². The lowest BCUT2D eigenvalue weighted by Crippen LogP contribution is -2.51. The molecule has 0 N–H and O–H groups in total. The van der Waals surface area contributed by atoms with Crippen molar-refractivity contribution in [3.63, 3.8) is 0 Å². The molecule has 0 bridgehead atoms. The van der Waals surface area contributed by atoms with E-state index in [0.29, 0.717) is 23.8 Å². The molecule has 0 spiro atoms. The summed E-state index contributed by atoms with van der Waals surface area (Å²) >= 11 is 0. The highest BCUT2D eigenvalue weighted by Crippen LogP contribution is 2.43. The Morgan fingerprint density at radius 2 is 1.44 bits per heavy atom. The SMILES string of the molecule is CCC(C)[Si](CC(C)C)(CC(C)C)OC(=O)C(C)(CC)[Si](OC)OC. The molecule has 4 nitrogen and oxygen atoms in total. The van der Waals surface area contributed by atoms with Crippen molar-refractivity contribution in [1.82, 2.24) is 0 Å². The summed E-state index contributed by atoms with van der Waals surface area (Å²) in [5.74, 6) is 0.935. The first-order valence-electron chi connectivity index (χ1n) is 9.71. The summed E-state index contributed by atoms with van der Waals surface area (Å²) in [5, 5.41) is -0.687. The molecule has 1 radical (unpaired) electrons. The van der Waals surface area contributed by atoms with E-state index in [1.54, 1.807) is 14.2 Å². The van der Waals surface area contributed by atoms with Gasteiger partial charge in [0.1, 0.15) is 5.04 Å². The molecule has 0 aliphatic rings. The largest absolute Gasteiger partial charge is 0.518 e. The van der Waals surface area contributed by atoms with Gasteiger partial charge in [-0.1, -0.05) is 54.9 Å². The van der Waals surface area contributed by atoms with Crippen molar-refractivity contribution in [2.45, 2.75) is 90.9 Å². The monoisotopic (exact) mass is 389 g/mol. The highest BCUT2D eigenvalue weighted by molar-refractivity contribution is 6.77. The van der Waals surface area contributed by atoms with E-state index in [1.165, 1.54) is 0 Å². The van der Waals surface area contributed by atoms with Crippen LogP contribution in [0.1, 0.15) is 68.2 Å². The lowest BCUT2D eigenvalue weighted by atomic mass is 10.1. The van der Waals surface area contributed by atoms with Crippen molar-refractivity contribution in [3.05, 3.63) is 0 Å². The maximum atomic E-state index is 13.3. The fourth-order valence-corrected chi connectivity index (χ4v) is 10.7. The third-order valence-corrected chi connectivity index (χ3v) is 13.3. The van der Waals surface area contributed by atoms with Crippen LogP contribution >= 0.6 is 0 Å². The average Bonchev–Trinajstić information content (AvgIpc) is 2.53. The summed E-state index contributed by atoms with van der Waals surface area (Å²) in [6, 6.07) is 2.04. The van der Waals surface area contributed by atoms with Crippen molar-refractivity contribution < 1.29 is 18.1 Å². The first kappa shape index (κ1) is 24.8. The molecule has 0 saturated heterocycles. The highest BCUT2D eigenvalue weighted by atomic mass is 28.4. The molecule has 2 atom stereocenters. The second-order valence-corrected chi connectivity index (χ2v) is 15.0. The van der Waals surface area contributed by atoms with E-state index in [0.717, 1.165) is 18.5 Å². The Kier molecular flexibility index (Phi) is 10.8. The normalized spacial score (nSPS) is 16.4. The third-order valence-electron chi connectivity index (χ3n) is 5.29. The van der Waals surface area contributed by atoms with Crippen LogP contribution in [0.4, 0.5) is 0 Å². The molecular weight excluding hydrogens is 348 g/mol. The van der Waals surface area contributed by atoms with Gasteiger partial charge in [0, 0.05) is 14.2 Å². The zero-order valence-electron chi connectivity index (χ0n) is 18.2. The van der Waals surface area contributed by atoms with Gasteiger partial charge in [-0.05, 0) is 42.8 Å². The molecule has 0 saturated carbocycles. The summed E-state index contributed by atoms with van der Waals surface area (Å²) in [6.07, 6.45) is 1.71. The number of rotatable bonds is 12. The minimum absolute atomic E-state index is 0.110. The van der Waals surface area contributed by atoms with Gasteiger partial charge in [0.15, 0.2) is 0 Å². The molecule has 0 fully saturated rings. The Morgan fingerprint density at radius 1 is 1.00 bits per heavy atom. The minimum Gasteiger partial charge on any atom is -0.518 e. The Bertz CT molecular complexity index is 387. The lowest BCUT2D eigenvalue weighted by molar-refractivity contribution is -0.139. The van der Waals surface area contributed by atoms with Gasteiger partial charge in [0.2, 0.25) is 0 Å². The molecule has 0 aromatic carbocycles. The van der Waals surface area contributed by atoms with Crippen LogP contribution in [0, 0.1) is 11.8 Å². The summed E-state index contributed by atoms with van der Waals surface area (Å²) in [5.41, 5.74) is 0.447. The lowest BCUT2D eigenvalue weighted by Gasteiger charge is -2.41. The molecule has 0 amide bonds. The van der Waals surface area contributed by atoms with Crippen LogP contribution in [0.25, 0.3) is 0 Å². The van der Waals surface area contributed by atoms with E-state index in [-0.39, 0.29) is 5.97 Å². The van der Waals surface area contributed by atoms with Crippen LogP contribution in [0.15, 0.2) is 0 Å². The molecule has 2 unspecified atom stereocenters. The Labute approximate surface area is 159 Å². The summed E-state index contributed by atoms with van der Waals surface area (Å²) in [7, 11) is -0.701. The van der Waals surface area contributed by atoms with Gasteiger partial charge in [0.05, 0.1) is 0 Å². The van der Waals surface area contributed by atoms with Gasteiger partial charge in [-0.3, -0.25) is 4.79 Å². The molecule has 6 heteroatoms. The summed E-state index contributed by atoms with van der Waals surface area (Å²) < 4.78 is 17.6. The Morgan fingerprint density at radius 3 is 1.72 bits per heavy atom. The molecule has 0 aliphatic carbocycles. The molecular formula is C19H41O4Si2. The van der Waals surface area contributed by atoms with E-state index in [2.05, 4.69) is 41.5 Å². The van der Waals surface area contributed by atoms with Gasteiger partial charge in [-0.15, -0.1) is 0 Å². The first-order chi connectivity index (χ1) is 11.5. The zero-order valence-corrected chi connectivity index (χ0v) is 20.2. The molecule has 25 heavy (non-hydrogen) atoms. The van der Waals surface area contributed by atoms with Crippen molar-refractivity contribution in [2.75, 3.05) is 14.2 Å². The number of carbonyl (C=O) groups is 1. The van der Waals surface area contributed by atoms with E-state index >= 15 is 0 Å². The molecule has 0 aliphatic heterocycles. The van der Waals surface area contributed by atoms with Crippen LogP contribution < -0.4 is 0 Å². The van der Waals surface area contributed by atoms with Crippen LogP contribution in [0.2, 0.25) is 22.7 Å². The quantitative estimate of drug-likeness (QED) is 0.411. The molecule has 0 aromatic heterocycles. The second kappa shape index (κ2) is 10.8. The highest BCUT2D eigenvalue weighted by Gasteiger charge is 2.51. The second-order valence-electron chi connectivity index (χ2n) is 8.34. The van der Waals surface area contributed by atoms with Crippen molar-refractivity contribution in [2.24, 2.45) is 11.8 Å². The maximum absolute atomic E-state index is 13.3. The molecule has 0 heterocycles. The van der Waals surface area contributed by atoms with Gasteiger partial charge >= 0.3 is 9.28 Å². The molecule has 0 rings (SSSR count). The number of hydrogen-bond acceptors (Lipinski definition) is 4. The fourth-order valence-electron chi connectivity index (χ4n) is 3.63. The average molecular weight is 390 g/mol. The minimum atomic E-state index is -2.23. The van der Waals surface area contributed by atoms with Crippen LogP contribution in [-0.2, 0) is 18.1 Å². The van der Waals surface area contributed by atoms with Crippen LogP contribution in [0.3, 0.4) is 0 Å². The maximum Gasteiger partial charge on any atom is 0.402 e. The standard InChI is InChI=1S/C19H41O4Si2/c1-11-17(7)25(13-15(3)4,14-16(5)6)23-18(20)19(8,12-2)24(21-9)22-10/h15-17H,11-14H2,1-10H3. The first-order valence-corrected chi connectivity index (χ1v) is 13.4. The molecule has 0 aromatic rings. The number of carbonyl (C=O) groups excluding carboxylic acids is 1. The topological polar surface area (TPSA) is 44.8 Å². The van der Waals surface area contributed by atoms with Crippen molar-refractivity contribution >= 4 is 23.6 Å². The van der Waals surface area contributed by atoms with E-state index in [9.17, 15) is 4.79 Å². The predicted octanol–water partition coefficient (Wildman–Crippen LogP) is 5.54. The van der Waals surface area contributed by atoms with E-state index < -0.39 is 22.6 Å². The molecule has 149 valence electrons. The van der Waals surface area contributed by atoms with Crippen LogP contribution in [0.5, 0.6) is 0 Å². The van der Waals surface area contributed by atoms with Crippen LogP contribution in [-0.4, -0.2) is 37.8 Å². The number of hydrogen-bond donors (Lipinski definition) is 0. The fraction of sp³-hybridized carbons (Fsp3) is 0.947. The smallest absolute Gasteiger partial charge is 0.402 e. The van der Waals surface area contributed by atoms with Gasteiger partial charge < -0.3 is 13.3 Å². The summed E-state index contributed by atoms with van der Waals surface area (Å²) in [4.78, 5) is 13.3. The van der Waals surface area contributed by atoms with Crippen molar-refractivity contribution in [1.29, 1.82) is 0 Å².